The molecule has 1 aliphatic heterocycles. The molecule has 0 bridgehead atoms. The topological polar surface area (TPSA) is 70.5 Å². The van der Waals surface area contributed by atoms with Gasteiger partial charge in [-0.3, -0.25) is 4.79 Å². The number of piperidine rings is 1. The van der Waals surface area contributed by atoms with Gasteiger partial charge in [-0.25, -0.2) is 9.78 Å². The van der Waals surface area contributed by atoms with Crippen LogP contribution in [0.25, 0.3) is 0 Å². The summed E-state index contributed by atoms with van der Waals surface area (Å²) in [4.78, 5) is 30.7. The Bertz CT molecular complexity index is 557. The lowest BCUT2D eigenvalue weighted by Gasteiger charge is -2.47. The van der Waals surface area contributed by atoms with E-state index >= 15 is 0 Å². The Morgan fingerprint density at radius 3 is 2.71 bits per heavy atom. The summed E-state index contributed by atoms with van der Waals surface area (Å²) in [5, 5.41) is 10.3. The summed E-state index contributed by atoms with van der Waals surface area (Å²) in [5.41, 5.74) is 0. The average Bonchev–Trinajstić information content (AvgIpc) is 2.91. The van der Waals surface area contributed by atoms with E-state index in [0.29, 0.717) is 17.2 Å². The summed E-state index contributed by atoms with van der Waals surface area (Å²) in [6, 6.07) is -0.595. The van der Waals surface area contributed by atoms with Gasteiger partial charge in [-0.1, -0.05) is 12.8 Å². The van der Waals surface area contributed by atoms with E-state index < -0.39 is 12.0 Å². The predicted molar refractivity (Wildman–Crippen MR) is 79.4 cm³/mol. The van der Waals surface area contributed by atoms with Crippen molar-refractivity contribution < 1.29 is 14.7 Å². The minimum absolute atomic E-state index is 0.0866. The molecule has 1 amide bonds. The van der Waals surface area contributed by atoms with Crippen LogP contribution in [0.1, 0.15) is 53.2 Å². The molecule has 6 heteroatoms. The Labute approximate surface area is 128 Å². The summed E-state index contributed by atoms with van der Waals surface area (Å²) in [6.45, 7) is 1.86. The molecule has 1 aromatic rings. The first-order valence-corrected chi connectivity index (χ1v) is 8.37. The second-order valence-electron chi connectivity index (χ2n) is 6.00. The fraction of sp³-hybridized carbons (Fsp3) is 0.667. The van der Waals surface area contributed by atoms with Gasteiger partial charge in [0, 0.05) is 6.04 Å². The fourth-order valence-electron chi connectivity index (χ4n) is 3.76. The number of hydrogen-bond acceptors (Lipinski definition) is 4. The summed E-state index contributed by atoms with van der Waals surface area (Å²) < 4.78 is 0. The van der Waals surface area contributed by atoms with Gasteiger partial charge in [-0.2, -0.15) is 0 Å². The highest BCUT2D eigenvalue weighted by Crippen LogP contribution is 2.39. The molecule has 1 saturated heterocycles. The van der Waals surface area contributed by atoms with E-state index in [-0.39, 0.29) is 11.9 Å². The number of hydrogen-bond donors (Lipinski definition) is 1. The van der Waals surface area contributed by atoms with Gasteiger partial charge in [0.1, 0.15) is 10.9 Å². The SMILES string of the molecule is Cc1ncc(C(=O)N2C(C(=O)O)CCC3CCCCC32)s1. The lowest BCUT2D eigenvalue weighted by atomic mass is 9.76. The van der Waals surface area contributed by atoms with E-state index in [1.807, 2.05) is 6.92 Å². The Kier molecular flexibility index (Phi) is 3.97. The maximum atomic E-state index is 12.8. The predicted octanol–water partition coefficient (Wildman–Crippen LogP) is 2.70. The van der Waals surface area contributed by atoms with E-state index in [2.05, 4.69) is 4.98 Å². The molecule has 2 fully saturated rings. The fourth-order valence-corrected chi connectivity index (χ4v) is 4.48. The van der Waals surface area contributed by atoms with Gasteiger partial charge < -0.3 is 10.0 Å². The van der Waals surface area contributed by atoms with Crippen molar-refractivity contribution >= 4 is 23.2 Å². The monoisotopic (exact) mass is 308 g/mol. The Hall–Kier alpha value is -1.43. The third-order valence-corrected chi connectivity index (χ3v) is 5.63. The van der Waals surface area contributed by atoms with E-state index in [9.17, 15) is 14.7 Å². The highest BCUT2D eigenvalue weighted by atomic mass is 32.1. The average molecular weight is 308 g/mol. The molecule has 3 rings (SSSR count). The van der Waals surface area contributed by atoms with Crippen molar-refractivity contribution in [2.24, 2.45) is 5.92 Å². The molecule has 0 spiro atoms. The smallest absolute Gasteiger partial charge is 0.326 e. The Morgan fingerprint density at radius 2 is 2.05 bits per heavy atom. The second kappa shape index (κ2) is 5.75. The van der Waals surface area contributed by atoms with E-state index in [0.717, 1.165) is 30.7 Å². The molecular weight excluding hydrogens is 288 g/mol. The van der Waals surface area contributed by atoms with Crippen LogP contribution in [-0.2, 0) is 4.79 Å². The van der Waals surface area contributed by atoms with Crippen LogP contribution in [0.5, 0.6) is 0 Å². The van der Waals surface area contributed by atoms with Crippen LogP contribution in [0.4, 0.5) is 0 Å². The van der Waals surface area contributed by atoms with Crippen molar-refractivity contribution in [3.63, 3.8) is 0 Å². The third kappa shape index (κ3) is 2.69. The normalized spacial score (nSPS) is 29.0. The van der Waals surface area contributed by atoms with E-state index in [1.54, 1.807) is 11.1 Å². The van der Waals surface area contributed by atoms with Crippen molar-refractivity contribution in [1.29, 1.82) is 0 Å². The number of carbonyl (C=O) groups is 2. The lowest BCUT2D eigenvalue weighted by molar-refractivity contribution is -0.146. The molecule has 3 unspecified atom stereocenters. The summed E-state index contributed by atoms with van der Waals surface area (Å²) in [5.74, 6) is -0.564. The molecular formula is C15H20N2O3S. The Balaban J connectivity index is 1.92. The molecule has 1 aromatic heterocycles. The van der Waals surface area contributed by atoms with Gasteiger partial charge in [-0.05, 0) is 38.5 Å². The maximum Gasteiger partial charge on any atom is 0.326 e. The zero-order valence-corrected chi connectivity index (χ0v) is 12.9. The van der Waals surface area contributed by atoms with Gasteiger partial charge in [0.05, 0.1) is 11.2 Å². The highest BCUT2D eigenvalue weighted by Gasteiger charge is 2.44. The van der Waals surface area contributed by atoms with Gasteiger partial charge >= 0.3 is 5.97 Å². The largest absolute Gasteiger partial charge is 0.480 e. The van der Waals surface area contributed by atoms with Gasteiger partial charge in [0.25, 0.3) is 5.91 Å². The zero-order chi connectivity index (χ0) is 15.0. The quantitative estimate of drug-likeness (QED) is 0.912. The van der Waals surface area contributed by atoms with Crippen LogP contribution in [0.2, 0.25) is 0 Å². The van der Waals surface area contributed by atoms with Gasteiger partial charge in [0.15, 0.2) is 0 Å². The number of carboxylic acid groups (broad SMARTS) is 1. The second-order valence-corrected chi connectivity index (χ2v) is 7.23. The van der Waals surface area contributed by atoms with Crippen LogP contribution in [0, 0.1) is 12.8 Å². The van der Waals surface area contributed by atoms with Crippen molar-refractivity contribution in [3.05, 3.63) is 16.1 Å². The minimum atomic E-state index is -0.881. The summed E-state index contributed by atoms with van der Waals surface area (Å²) >= 11 is 1.35. The number of aryl methyl sites for hydroxylation is 1. The molecule has 2 heterocycles. The number of thiazole rings is 1. The van der Waals surface area contributed by atoms with Crippen LogP contribution in [0.15, 0.2) is 6.20 Å². The highest BCUT2D eigenvalue weighted by molar-refractivity contribution is 7.13. The van der Waals surface area contributed by atoms with E-state index in [1.165, 1.54) is 17.8 Å². The molecule has 0 aromatic carbocycles. The molecule has 1 aliphatic carbocycles. The number of fused-ring (bicyclic) bond motifs is 1. The molecule has 0 radical (unpaired) electrons. The Morgan fingerprint density at radius 1 is 1.29 bits per heavy atom. The third-order valence-electron chi connectivity index (χ3n) is 4.72. The molecule has 5 nitrogen and oxygen atoms in total. The minimum Gasteiger partial charge on any atom is -0.480 e. The number of aliphatic carboxylic acids is 1. The number of amides is 1. The first kappa shape index (κ1) is 14.5. The number of nitrogens with zero attached hydrogens (tertiary/aromatic N) is 2. The maximum absolute atomic E-state index is 12.8. The zero-order valence-electron chi connectivity index (χ0n) is 12.1. The number of rotatable bonds is 2. The molecule has 3 atom stereocenters. The van der Waals surface area contributed by atoms with Crippen molar-refractivity contribution in [3.8, 4) is 0 Å². The summed E-state index contributed by atoms with van der Waals surface area (Å²) in [7, 11) is 0. The number of aromatic nitrogens is 1. The van der Waals surface area contributed by atoms with Crippen LogP contribution in [-0.4, -0.2) is 39.0 Å². The van der Waals surface area contributed by atoms with Crippen molar-refractivity contribution in [2.75, 3.05) is 0 Å². The van der Waals surface area contributed by atoms with Crippen LogP contribution < -0.4 is 0 Å². The molecule has 2 aliphatic rings. The standard InChI is InChI=1S/C15H20N2O3S/c1-9-16-8-13(21-9)14(18)17-11-5-3-2-4-10(11)6-7-12(17)15(19)20/h8,10-12H,2-7H2,1H3,(H,19,20). The number of carbonyl (C=O) groups excluding carboxylic acids is 1. The molecule has 1 N–H and O–H groups in total. The first-order valence-electron chi connectivity index (χ1n) is 7.56. The van der Waals surface area contributed by atoms with Gasteiger partial charge in [-0.15, -0.1) is 11.3 Å². The molecule has 1 saturated carbocycles. The van der Waals surface area contributed by atoms with Gasteiger partial charge in [0.2, 0.25) is 0 Å². The lowest BCUT2D eigenvalue weighted by Crippen LogP contribution is -2.57. The first-order chi connectivity index (χ1) is 10.1. The number of likely N-dealkylation sites (tertiary alicyclic amines) is 1. The van der Waals surface area contributed by atoms with Crippen LogP contribution >= 0.6 is 11.3 Å². The summed E-state index contributed by atoms with van der Waals surface area (Å²) in [6.07, 6.45) is 7.39. The van der Waals surface area contributed by atoms with Crippen LogP contribution in [0.3, 0.4) is 0 Å². The number of carboxylic acids is 1. The van der Waals surface area contributed by atoms with Crippen molar-refractivity contribution in [2.45, 2.75) is 57.5 Å². The molecule has 21 heavy (non-hydrogen) atoms. The molecule has 114 valence electrons. The van der Waals surface area contributed by atoms with Crippen molar-refractivity contribution in [1.82, 2.24) is 9.88 Å². The van der Waals surface area contributed by atoms with E-state index in [4.69, 9.17) is 0 Å².